The molecule has 4 rings (SSSR count). The van der Waals surface area contributed by atoms with Crippen LogP contribution in [0.4, 0.5) is 0 Å². The van der Waals surface area contributed by atoms with Crippen molar-refractivity contribution in [3.63, 3.8) is 0 Å². The van der Waals surface area contributed by atoms with Gasteiger partial charge in [-0.2, -0.15) is 0 Å². The van der Waals surface area contributed by atoms with Crippen molar-refractivity contribution in [2.75, 3.05) is 0 Å². The lowest BCUT2D eigenvalue weighted by molar-refractivity contribution is -0.240. The number of hydrogen-bond acceptors (Lipinski definition) is 4. The van der Waals surface area contributed by atoms with Crippen molar-refractivity contribution in [3.8, 4) is 0 Å². The number of ether oxygens (including phenoxy) is 1. The SMILES string of the molecule is CC(C)=CC[C@@H](C(=O)O)[C@@H]1C2CC(O)C3[C@@]4(C)CC[C@@H](O)[C@@H](C)C4CC[C@]3(C)[C@@]2(C)C[C@@H]1OC(C)C. The third kappa shape index (κ3) is 4.20. The van der Waals surface area contributed by atoms with Crippen LogP contribution in [-0.4, -0.2) is 45.7 Å². The largest absolute Gasteiger partial charge is 0.481 e. The molecule has 4 fully saturated rings. The van der Waals surface area contributed by atoms with Crippen LogP contribution in [0, 0.1) is 51.8 Å². The van der Waals surface area contributed by atoms with E-state index in [1.54, 1.807) is 0 Å². The maximum Gasteiger partial charge on any atom is 0.307 e. The maximum absolute atomic E-state index is 12.7. The van der Waals surface area contributed by atoms with Crippen molar-refractivity contribution in [3.05, 3.63) is 11.6 Å². The van der Waals surface area contributed by atoms with E-state index in [2.05, 4.69) is 33.8 Å². The van der Waals surface area contributed by atoms with E-state index in [1.807, 2.05) is 27.7 Å². The number of aliphatic hydroxyl groups is 2. The van der Waals surface area contributed by atoms with E-state index in [0.29, 0.717) is 18.8 Å². The number of fused-ring (bicyclic) bond motifs is 5. The summed E-state index contributed by atoms with van der Waals surface area (Å²) in [6.45, 7) is 17.5. The summed E-state index contributed by atoms with van der Waals surface area (Å²) in [6.07, 6.45) is 7.13. The zero-order valence-electron chi connectivity index (χ0n) is 24.0. The zero-order valence-corrected chi connectivity index (χ0v) is 24.0. The molecule has 4 unspecified atom stereocenters. The van der Waals surface area contributed by atoms with Crippen molar-refractivity contribution in [2.24, 2.45) is 51.8 Å². The standard InChI is InChI=1S/C31H52O5/c1-17(2)9-10-20(28(34)35)26-22-15-24(33)27-29(6)13-12-23(32)19(5)21(29)11-14-30(27,7)31(22,8)16-25(26)36-18(3)4/h9,18-27,32-33H,10-16H2,1-8H3,(H,34,35)/t19-,20+,21?,22?,23+,24?,25-,26+,27?,29-,30-,31-/m0/s1. The van der Waals surface area contributed by atoms with Gasteiger partial charge in [0.1, 0.15) is 0 Å². The predicted molar refractivity (Wildman–Crippen MR) is 142 cm³/mol. The molecule has 0 spiro atoms. The summed E-state index contributed by atoms with van der Waals surface area (Å²) in [7, 11) is 0. The van der Waals surface area contributed by atoms with Crippen LogP contribution in [0.5, 0.6) is 0 Å². The van der Waals surface area contributed by atoms with Gasteiger partial charge >= 0.3 is 5.97 Å². The highest BCUT2D eigenvalue weighted by atomic mass is 16.5. The predicted octanol–water partition coefficient (Wildman–Crippen LogP) is 6.07. The Morgan fingerprint density at radius 1 is 1.03 bits per heavy atom. The van der Waals surface area contributed by atoms with E-state index in [-0.39, 0.29) is 58.2 Å². The molecule has 0 aromatic carbocycles. The summed E-state index contributed by atoms with van der Waals surface area (Å²) in [5.41, 5.74) is 0.918. The quantitative estimate of drug-likeness (QED) is 0.382. The number of aliphatic carboxylic acids is 1. The summed E-state index contributed by atoms with van der Waals surface area (Å²) in [6, 6.07) is 0. The second-order valence-electron chi connectivity index (χ2n) is 14.3. The van der Waals surface area contributed by atoms with E-state index < -0.39 is 18.0 Å². The van der Waals surface area contributed by atoms with Gasteiger partial charge in [0.25, 0.3) is 0 Å². The molecule has 0 aliphatic heterocycles. The molecular weight excluding hydrogens is 452 g/mol. The number of rotatable bonds is 6. The molecule has 12 atom stereocenters. The van der Waals surface area contributed by atoms with E-state index in [0.717, 1.165) is 37.7 Å². The fourth-order valence-electron chi connectivity index (χ4n) is 10.3. The van der Waals surface area contributed by atoms with Gasteiger partial charge in [-0.25, -0.2) is 0 Å². The van der Waals surface area contributed by atoms with Crippen molar-refractivity contribution in [2.45, 2.75) is 125 Å². The van der Waals surface area contributed by atoms with Gasteiger partial charge < -0.3 is 20.1 Å². The highest BCUT2D eigenvalue weighted by Crippen LogP contribution is 2.74. The molecule has 0 aromatic rings. The lowest BCUT2D eigenvalue weighted by Crippen LogP contribution is -2.66. The van der Waals surface area contributed by atoms with Crippen molar-refractivity contribution in [1.82, 2.24) is 0 Å². The van der Waals surface area contributed by atoms with E-state index in [1.165, 1.54) is 0 Å². The van der Waals surface area contributed by atoms with Crippen LogP contribution in [0.15, 0.2) is 11.6 Å². The normalized spacial score (nSPS) is 49.1. The number of aliphatic hydroxyl groups excluding tert-OH is 2. The summed E-state index contributed by atoms with van der Waals surface area (Å²) in [5, 5.41) is 33.0. The van der Waals surface area contributed by atoms with Crippen LogP contribution in [0.1, 0.15) is 100 Å². The van der Waals surface area contributed by atoms with Crippen LogP contribution in [0.25, 0.3) is 0 Å². The Kier molecular flexibility index (Phi) is 7.56. The van der Waals surface area contributed by atoms with Gasteiger partial charge in [-0.3, -0.25) is 4.79 Å². The lowest BCUT2D eigenvalue weighted by atomic mass is 9.36. The molecule has 0 aromatic heterocycles. The fraction of sp³-hybridized carbons (Fsp3) is 0.903. The Hall–Kier alpha value is -0.910. The minimum atomic E-state index is -0.744. The van der Waals surface area contributed by atoms with Gasteiger partial charge in [-0.15, -0.1) is 0 Å². The summed E-state index contributed by atoms with van der Waals surface area (Å²) in [4.78, 5) is 12.7. The van der Waals surface area contributed by atoms with Crippen LogP contribution < -0.4 is 0 Å². The molecule has 4 saturated carbocycles. The highest BCUT2D eigenvalue weighted by molar-refractivity contribution is 5.71. The van der Waals surface area contributed by atoms with Crippen LogP contribution >= 0.6 is 0 Å². The van der Waals surface area contributed by atoms with Gasteiger partial charge in [0.05, 0.1) is 30.3 Å². The molecule has 0 radical (unpaired) electrons. The van der Waals surface area contributed by atoms with Gasteiger partial charge in [0, 0.05) is 5.92 Å². The second kappa shape index (κ2) is 9.68. The molecule has 0 saturated heterocycles. The number of carboxylic acid groups (broad SMARTS) is 1. The first-order valence-electron chi connectivity index (χ1n) is 14.5. The molecule has 206 valence electrons. The molecule has 5 nitrogen and oxygen atoms in total. The van der Waals surface area contributed by atoms with E-state index in [9.17, 15) is 20.1 Å². The van der Waals surface area contributed by atoms with Crippen molar-refractivity contribution >= 4 is 5.97 Å². The van der Waals surface area contributed by atoms with Gasteiger partial charge in [-0.05, 0) is 113 Å². The monoisotopic (exact) mass is 504 g/mol. The minimum Gasteiger partial charge on any atom is -0.481 e. The van der Waals surface area contributed by atoms with Crippen LogP contribution in [0.2, 0.25) is 0 Å². The second-order valence-corrected chi connectivity index (χ2v) is 14.3. The Morgan fingerprint density at radius 2 is 1.69 bits per heavy atom. The summed E-state index contributed by atoms with van der Waals surface area (Å²) >= 11 is 0. The van der Waals surface area contributed by atoms with Crippen LogP contribution in [0.3, 0.4) is 0 Å². The summed E-state index contributed by atoms with van der Waals surface area (Å²) < 4.78 is 6.54. The van der Waals surface area contributed by atoms with Gasteiger partial charge in [0.2, 0.25) is 0 Å². The molecule has 5 heteroatoms. The smallest absolute Gasteiger partial charge is 0.307 e. The van der Waals surface area contributed by atoms with E-state index >= 15 is 0 Å². The zero-order chi connectivity index (χ0) is 26.8. The Balaban J connectivity index is 1.78. The number of carboxylic acids is 1. The molecule has 0 heterocycles. The molecule has 4 aliphatic rings. The first kappa shape index (κ1) is 28.1. The average Bonchev–Trinajstić information content (AvgIpc) is 3.03. The first-order chi connectivity index (χ1) is 16.7. The van der Waals surface area contributed by atoms with Crippen molar-refractivity contribution in [1.29, 1.82) is 0 Å². The highest BCUT2D eigenvalue weighted by Gasteiger charge is 2.71. The fourth-order valence-corrected chi connectivity index (χ4v) is 10.3. The molecule has 4 aliphatic carbocycles. The average molecular weight is 505 g/mol. The minimum absolute atomic E-state index is 0.0141. The number of allylic oxidation sites excluding steroid dienone is 2. The van der Waals surface area contributed by atoms with E-state index in [4.69, 9.17) is 4.74 Å². The summed E-state index contributed by atoms with van der Waals surface area (Å²) in [5.74, 6) is -0.449. The molecule has 0 bridgehead atoms. The number of carbonyl (C=O) groups is 1. The lowest BCUT2D eigenvalue weighted by Gasteiger charge is -2.69. The molecule has 0 amide bonds. The Morgan fingerprint density at radius 3 is 2.28 bits per heavy atom. The topological polar surface area (TPSA) is 87.0 Å². The molecule has 36 heavy (non-hydrogen) atoms. The number of hydrogen-bond donors (Lipinski definition) is 3. The van der Waals surface area contributed by atoms with Gasteiger partial charge in [0.15, 0.2) is 0 Å². The third-order valence-electron chi connectivity index (χ3n) is 12.0. The van der Waals surface area contributed by atoms with Gasteiger partial charge in [-0.1, -0.05) is 39.3 Å². The maximum atomic E-state index is 12.7. The first-order valence-corrected chi connectivity index (χ1v) is 14.5. The van der Waals surface area contributed by atoms with Crippen LogP contribution in [-0.2, 0) is 9.53 Å². The molecule has 3 N–H and O–H groups in total. The third-order valence-corrected chi connectivity index (χ3v) is 12.0. The Bertz CT molecular complexity index is 863. The van der Waals surface area contributed by atoms with Crippen molar-refractivity contribution < 1.29 is 24.9 Å². The molecular formula is C31H52O5. The Labute approximate surface area is 219 Å².